The van der Waals surface area contributed by atoms with Crippen molar-refractivity contribution in [1.29, 1.82) is 0 Å². The summed E-state index contributed by atoms with van der Waals surface area (Å²) in [5, 5.41) is 5.86. The number of piperazine rings is 1. The molecule has 8 nitrogen and oxygen atoms in total. The second-order valence-electron chi connectivity index (χ2n) is 6.48. The third kappa shape index (κ3) is 8.31. The molecule has 0 aromatic heterocycles. The number of nitrogens with zero attached hydrogens (tertiary/aromatic N) is 3. The number of rotatable bonds is 8. The van der Waals surface area contributed by atoms with Gasteiger partial charge in [0.15, 0.2) is 17.5 Å². The zero-order valence-corrected chi connectivity index (χ0v) is 19.6. The number of ether oxygens (including phenoxy) is 2. The van der Waals surface area contributed by atoms with Crippen molar-refractivity contribution < 1.29 is 18.7 Å². The van der Waals surface area contributed by atoms with Crippen molar-refractivity contribution >= 4 is 35.8 Å². The summed E-state index contributed by atoms with van der Waals surface area (Å²) >= 11 is 0. The van der Waals surface area contributed by atoms with Crippen LogP contribution in [0.15, 0.2) is 23.2 Å². The van der Waals surface area contributed by atoms with Crippen molar-refractivity contribution in [2.24, 2.45) is 4.99 Å². The van der Waals surface area contributed by atoms with Gasteiger partial charge in [0.25, 0.3) is 0 Å². The molecule has 1 aliphatic heterocycles. The summed E-state index contributed by atoms with van der Waals surface area (Å²) in [4.78, 5) is 20.4. The molecule has 29 heavy (non-hydrogen) atoms. The Hall–Kier alpha value is -1.66. The highest BCUT2D eigenvalue weighted by Gasteiger charge is 2.20. The van der Waals surface area contributed by atoms with Crippen LogP contribution >= 0.6 is 24.0 Å². The highest BCUT2D eigenvalue weighted by molar-refractivity contribution is 14.0. The summed E-state index contributed by atoms with van der Waals surface area (Å²) in [7, 11) is 4.76. The van der Waals surface area contributed by atoms with Crippen LogP contribution in [0.1, 0.15) is 5.56 Å². The van der Waals surface area contributed by atoms with E-state index in [1.807, 2.05) is 6.07 Å². The Morgan fingerprint density at radius 1 is 1.21 bits per heavy atom. The van der Waals surface area contributed by atoms with Gasteiger partial charge in [-0.1, -0.05) is 6.07 Å². The highest BCUT2D eigenvalue weighted by Crippen LogP contribution is 2.19. The van der Waals surface area contributed by atoms with Crippen LogP contribution in [0.3, 0.4) is 0 Å². The van der Waals surface area contributed by atoms with E-state index in [1.54, 1.807) is 20.2 Å². The van der Waals surface area contributed by atoms with E-state index in [2.05, 4.69) is 25.4 Å². The lowest BCUT2D eigenvalue weighted by molar-refractivity contribution is -0.120. The number of amides is 1. The van der Waals surface area contributed by atoms with Gasteiger partial charge in [-0.3, -0.25) is 14.7 Å². The Labute approximate surface area is 188 Å². The number of carbonyl (C=O) groups excluding carboxylic acids is 1. The molecule has 0 bridgehead atoms. The van der Waals surface area contributed by atoms with Gasteiger partial charge in [0.05, 0.1) is 20.3 Å². The number of hydrogen-bond donors (Lipinski definition) is 2. The summed E-state index contributed by atoms with van der Waals surface area (Å²) in [6, 6.07) is 5.06. The first kappa shape index (κ1) is 25.4. The molecule has 0 atom stereocenters. The van der Waals surface area contributed by atoms with Crippen molar-refractivity contribution in [2.45, 2.75) is 6.54 Å². The van der Waals surface area contributed by atoms with Crippen molar-refractivity contribution in [1.82, 2.24) is 20.4 Å². The number of nitrogens with one attached hydrogen (secondary N) is 2. The minimum atomic E-state index is -0.341. The Morgan fingerprint density at radius 2 is 1.93 bits per heavy atom. The molecule has 164 valence electrons. The van der Waals surface area contributed by atoms with Gasteiger partial charge in [0.2, 0.25) is 5.91 Å². The minimum Gasteiger partial charge on any atom is -0.494 e. The van der Waals surface area contributed by atoms with Gasteiger partial charge in [0, 0.05) is 53.4 Å². The molecule has 1 heterocycles. The lowest BCUT2D eigenvalue weighted by Gasteiger charge is -2.36. The van der Waals surface area contributed by atoms with Gasteiger partial charge in [-0.15, -0.1) is 24.0 Å². The molecule has 1 amide bonds. The normalized spacial score (nSPS) is 14.9. The van der Waals surface area contributed by atoms with Crippen LogP contribution in [0.25, 0.3) is 0 Å². The number of hydrogen-bond acceptors (Lipinski definition) is 5. The SMILES string of the molecule is CN=C(NCC(=O)NCCOC)N1CCN(Cc2ccc(OC)c(F)c2)CC1.I. The fourth-order valence-electron chi connectivity index (χ4n) is 3.03. The number of aliphatic imine (C=N–C) groups is 1. The van der Waals surface area contributed by atoms with Crippen LogP contribution in [0.2, 0.25) is 0 Å². The third-order valence-corrected chi connectivity index (χ3v) is 4.54. The minimum absolute atomic E-state index is 0. The predicted molar refractivity (Wildman–Crippen MR) is 121 cm³/mol. The molecule has 1 aromatic carbocycles. The zero-order chi connectivity index (χ0) is 20.4. The number of halogens is 2. The average Bonchev–Trinajstić information content (AvgIpc) is 2.70. The predicted octanol–water partition coefficient (Wildman–Crippen LogP) is 0.908. The summed E-state index contributed by atoms with van der Waals surface area (Å²) in [5.41, 5.74) is 0.919. The molecule has 1 aliphatic rings. The third-order valence-electron chi connectivity index (χ3n) is 4.54. The van der Waals surface area contributed by atoms with Crippen LogP contribution in [-0.4, -0.2) is 88.8 Å². The maximum Gasteiger partial charge on any atom is 0.239 e. The highest BCUT2D eigenvalue weighted by atomic mass is 127. The van der Waals surface area contributed by atoms with E-state index in [0.29, 0.717) is 25.7 Å². The van der Waals surface area contributed by atoms with Crippen molar-refractivity contribution in [3.63, 3.8) is 0 Å². The number of carbonyl (C=O) groups is 1. The number of benzene rings is 1. The van der Waals surface area contributed by atoms with Gasteiger partial charge in [-0.25, -0.2) is 4.39 Å². The van der Waals surface area contributed by atoms with Crippen molar-refractivity contribution in [3.05, 3.63) is 29.6 Å². The fraction of sp³-hybridized carbons (Fsp3) is 0.579. The molecule has 2 rings (SSSR count). The second-order valence-corrected chi connectivity index (χ2v) is 6.48. The molecule has 2 N–H and O–H groups in total. The lowest BCUT2D eigenvalue weighted by atomic mass is 10.2. The largest absolute Gasteiger partial charge is 0.494 e. The smallest absolute Gasteiger partial charge is 0.239 e. The van der Waals surface area contributed by atoms with E-state index in [-0.39, 0.29) is 48.0 Å². The lowest BCUT2D eigenvalue weighted by Crippen LogP contribution is -2.53. The quantitative estimate of drug-likeness (QED) is 0.228. The molecule has 1 fully saturated rings. The van der Waals surface area contributed by atoms with Gasteiger partial charge < -0.3 is 25.0 Å². The maximum atomic E-state index is 13.9. The summed E-state index contributed by atoms with van der Waals surface area (Å²) in [6.45, 7) is 5.04. The van der Waals surface area contributed by atoms with Crippen molar-refractivity contribution in [3.8, 4) is 5.75 Å². The summed E-state index contributed by atoms with van der Waals surface area (Å²) < 4.78 is 23.7. The topological polar surface area (TPSA) is 78.4 Å². The van der Waals surface area contributed by atoms with Gasteiger partial charge in [-0.05, 0) is 17.7 Å². The average molecular weight is 523 g/mol. The first-order valence-electron chi connectivity index (χ1n) is 9.33. The maximum absolute atomic E-state index is 13.9. The molecule has 0 spiro atoms. The molecule has 0 saturated carbocycles. The molecule has 0 radical (unpaired) electrons. The summed E-state index contributed by atoms with van der Waals surface area (Å²) in [6.07, 6.45) is 0. The molecule has 10 heteroatoms. The zero-order valence-electron chi connectivity index (χ0n) is 17.2. The molecule has 0 aliphatic carbocycles. The molecular weight excluding hydrogens is 492 g/mol. The first-order valence-corrected chi connectivity index (χ1v) is 9.33. The van der Waals surface area contributed by atoms with E-state index >= 15 is 0 Å². The van der Waals surface area contributed by atoms with E-state index in [1.165, 1.54) is 13.2 Å². The standard InChI is InChI=1S/C19H30FN5O3.HI/c1-21-19(23-13-18(26)22-6-11-27-2)25-9-7-24(8-10-25)14-15-4-5-17(28-3)16(20)12-15;/h4-5,12H,6-11,13-14H2,1-3H3,(H,21,23)(H,22,26);1H. The van der Waals surface area contributed by atoms with Crippen LogP contribution in [0.5, 0.6) is 5.75 Å². The number of guanidine groups is 1. The van der Waals surface area contributed by atoms with Crippen LogP contribution < -0.4 is 15.4 Å². The van der Waals surface area contributed by atoms with Crippen LogP contribution in [0.4, 0.5) is 4.39 Å². The Balaban J connectivity index is 0.00000420. The first-order chi connectivity index (χ1) is 13.6. The van der Waals surface area contributed by atoms with Gasteiger partial charge >= 0.3 is 0 Å². The Kier molecular flexibility index (Phi) is 11.9. The van der Waals surface area contributed by atoms with E-state index in [9.17, 15) is 9.18 Å². The number of methoxy groups -OCH3 is 2. The molecule has 1 saturated heterocycles. The second kappa shape index (κ2) is 13.5. The summed E-state index contributed by atoms with van der Waals surface area (Å²) in [5.74, 6) is 0.525. The van der Waals surface area contributed by atoms with Gasteiger partial charge in [0.1, 0.15) is 0 Å². The fourth-order valence-corrected chi connectivity index (χ4v) is 3.03. The Bertz CT molecular complexity index is 669. The van der Waals surface area contributed by atoms with Gasteiger partial charge in [-0.2, -0.15) is 0 Å². The van der Waals surface area contributed by atoms with Crippen LogP contribution in [0, 0.1) is 5.82 Å². The molecular formula is C19H31FIN5O3. The molecule has 0 unspecified atom stereocenters. The molecule has 1 aromatic rings. The van der Waals surface area contributed by atoms with E-state index in [0.717, 1.165) is 31.7 Å². The van der Waals surface area contributed by atoms with E-state index < -0.39 is 0 Å². The monoisotopic (exact) mass is 523 g/mol. The van der Waals surface area contributed by atoms with E-state index in [4.69, 9.17) is 9.47 Å². The Morgan fingerprint density at radius 3 is 2.52 bits per heavy atom. The van der Waals surface area contributed by atoms with Crippen LogP contribution in [-0.2, 0) is 16.1 Å². The van der Waals surface area contributed by atoms with Crippen molar-refractivity contribution in [2.75, 3.05) is 67.1 Å².